The first-order valence-electron chi connectivity index (χ1n) is 7.51. The molecule has 7 heteroatoms. The van der Waals surface area contributed by atoms with Gasteiger partial charge in [-0.2, -0.15) is 5.48 Å². The van der Waals surface area contributed by atoms with Crippen LogP contribution in [0.1, 0.15) is 64.2 Å². The summed E-state index contributed by atoms with van der Waals surface area (Å²) in [6.07, 6.45) is 8.86. The minimum absolute atomic E-state index is 0. The number of hydrogen-bond donors (Lipinski definition) is 3. The summed E-state index contributed by atoms with van der Waals surface area (Å²) in [6.45, 7) is 0.924. The van der Waals surface area contributed by atoms with Gasteiger partial charge in [0.1, 0.15) is 0 Å². The Morgan fingerprint density at radius 3 is 1.86 bits per heavy atom. The van der Waals surface area contributed by atoms with Gasteiger partial charge in [0.05, 0.1) is 0 Å². The average Bonchev–Trinajstić information content (AvgIpc) is 2.41. The van der Waals surface area contributed by atoms with E-state index in [4.69, 9.17) is 15.7 Å². The van der Waals surface area contributed by atoms with Crippen LogP contribution in [-0.2, 0) is 33.9 Å². The third kappa shape index (κ3) is 19.5. The Bertz CT molecular complexity index is 265. The Balaban J connectivity index is 0. The second kappa shape index (κ2) is 17.5. The molecule has 0 aromatic heterocycles. The van der Waals surface area contributed by atoms with Gasteiger partial charge in [-0.1, -0.05) is 38.5 Å². The topological polar surface area (TPSA) is 102 Å². The Morgan fingerprint density at radius 2 is 1.38 bits per heavy atom. The van der Waals surface area contributed by atoms with Crippen molar-refractivity contribution in [1.29, 1.82) is 0 Å². The van der Waals surface area contributed by atoms with Gasteiger partial charge < -0.3 is 15.7 Å². The summed E-state index contributed by atoms with van der Waals surface area (Å²) in [4.78, 5) is 26.3. The van der Waals surface area contributed by atoms with Gasteiger partial charge >= 0.3 is 11.9 Å². The van der Waals surface area contributed by atoms with E-state index in [1.165, 1.54) is 0 Å². The summed E-state index contributed by atoms with van der Waals surface area (Å²) >= 11 is 0. The van der Waals surface area contributed by atoms with E-state index in [0.717, 1.165) is 51.4 Å². The molecule has 0 unspecified atom stereocenters. The summed E-state index contributed by atoms with van der Waals surface area (Å²) < 4.78 is 0. The summed E-state index contributed by atoms with van der Waals surface area (Å²) in [7, 11) is 0. The van der Waals surface area contributed by atoms with E-state index >= 15 is 0 Å². The molecule has 0 aromatic carbocycles. The maximum absolute atomic E-state index is 11.2. The van der Waals surface area contributed by atoms with E-state index in [-0.39, 0.29) is 31.9 Å². The molecule has 21 heavy (non-hydrogen) atoms. The van der Waals surface area contributed by atoms with Gasteiger partial charge in [-0.25, -0.2) is 0 Å². The Kier molecular flexibility index (Phi) is 19.0. The molecule has 0 spiro atoms. The van der Waals surface area contributed by atoms with Crippen LogP contribution in [0.4, 0.5) is 0 Å². The summed E-state index contributed by atoms with van der Waals surface area (Å²) in [5.74, 6) is -0.940. The standard InChI is InChI=1S/C14H28N2O4.Zn/c15-11-12-16-20-14(19)10-8-6-4-2-1-3-5-7-9-13(17)18;/h16H,1-12,15H2,(H,17,18);. The number of aliphatic carboxylic acids is 1. The molecule has 6 nitrogen and oxygen atoms in total. The number of unbranched alkanes of at least 4 members (excludes halogenated alkanes) is 7. The number of carboxylic acids is 1. The van der Waals surface area contributed by atoms with Crippen molar-refractivity contribution in [1.82, 2.24) is 5.48 Å². The minimum Gasteiger partial charge on any atom is -0.481 e. The molecule has 0 saturated carbocycles. The molecular weight excluding hydrogens is 326 g/mol. The fraction of sp³-hybridized carbons (Fsp3) is 0.857. The molecule has 0 radical (unpaired) electrons. The van der Waals surface area contributed by atoms with Crippen LogP contribution in [0, 0.1) is 0 Å². The third-order valence-corrected chi connectivity index (χ3v) is 2.95. The normalized spacial score (nSPS) is 9.95. The number of carboxylic acid groups (broad SMARTS) is 1. The molecule has 0 atom stereocenters. The van der Waals surface area contributed by atoms with Crippen LogP contribution >= 0.6 is 0 Å². The largest absolute Gasteiger partial charge is 0.481 e. The first-order valence-corrected chi connectivity index (χ1v) is 7.51. The van der Waals surface area contributed by atoms with Gasteiger partial charge in [0.15, 0.2) is 0 Å². The molecule has 0 saturated heterocycles. The van der Waals surface area contributed by atoms with Gasteiger partial charge in [-0.05, 0) is 12.8 Å². The first kappa shape index (κ1) is 22.8. The zero-order chi connectivity index (χ0) is 15.1. The van der Waals surface area contributed by atoms with Crippen molar-refractivity contribution in [2.45, 2.75) is 64.2 Å². The van der Waals surface area contributed by atoms with E-state index in [9.17, 15) is 9.59 Å². The van der Waals surface area contributed by atoms with Gasteiger partial charge in [0.25, 0.3) is 0 Å². The SMILES string of the molecule is NCCNOC(=O)CCCCCCCCCCC(=O)O.[Zn]. The third-order valence-electron chi connectivity index (χ3n) is 2.95. The second-order valence-electron chi connectivity index (χ2n) is 4.88. The number of carbonyl (C=O) groups is 2. The van der Waals surface area contributed by atoms with Crippen molar-refractivity contribution in [3.63, 3.8) is 0 Å². The van der Waals surface area contributed by atoms with Crippen molar-refractivity contribution in [2.24, 2.45) is 5.73 Å². The monoisotopic (exact) mass is 352 g/mol. The van der Waals surface area contributed by atoms with Gasteiger partial charge in [-0.3, -0.25) is 9.59 Å². The fourth-order valence-corrected chi connectivity index (χ4v) is 1.85. The maximum atomic E-state index is 11.2. The molecule has 0 bridgehead atoms. The quantitative estimate of drug-likeness (QED) is 0.251. The second-order valence-corrected chi connectivity index (χ2v) is 4.88. The predicted molar refractivity (Wildman–Crippen MR) is 77.0 cm³/mol. The molecule has 0 aliphatic heterocycles. The van der Waals surface area contributed by atoms with Crippen LogP contribution in [0.25, 0.3) is 0 Å². The zero-order valence-electron chi connectivity index (χ0n) is 12.9. The Morgan fingerprint density at radius 1 is 0.905 bits per heavy atom. The average molecular weight is 354 g/mol. The van der Waals surface area contributed by atoms with Crippen molar-refractivity contribution >= 4 is 11.9 Å². The molecule has 4 N–H and O–H groups in total. The first-order chi connectivity index (χ1) is 9.66. The van der Waals surface area contributed by atoms with Crippen molar-refractivity contribution in [3.8, 4) is 0 Å². The van der Waals surface area contributed by atoms with Crippen molar-refractivity contribution < 1.29 is 39.0 Å². The molecule has 0 aliphatic carbocycles. The molecule has 0 rings (SSSR count). The number of hydroxylamine groups is 1. The van der Waals surface area contributed by atoms with E-state index < -0.39 is 5.97 Å². The summed E-state index contributed by atoms with van der Waals surface area (Å²) in [6, 6.07) is 0. The Hall–Kier alpha value is -0.517. The number of carbonyl (C=O) groups excluding carboxylic acids is 1. The number of hydrogen-bond acceptors (Lipinski definition) is 5. The number of rotatable bonds is 14. The number of nitrogens with two attached hydrogens (primary N) is 1. The van der Waals surface area contributed by atoms with Crippen LogP contribution in [0.3, 0.4) is 0 Å². The summed E-state index contributed by atoms with van der Waals surface area (Å²) in [5, 5.41) is 8.48. The van der Waals surface area contributed by atoms with Crippen molar-refractivity contribution in [2.75, 3.05) is 13.1 Å². The van der Waals surface area contributed by atoms with Crippen molar-refractivity contribution in [3.05, 3.63) is 0 Å². The summed E-state index contributed by atoms with van der Waals surface area (Å²) in [5.41, 5.74) is 7.75. The predicted octanol–water partition coefficient (Wildman–Crippen LogP) is 1.98. The molecule has 0 heterocycles. The maximum Gasteiger partial charge on any atom is 0.324 e. The van der Waals surface area contributed by atoms with Crippen LogP contribution in [0.5, 0.6) is 0 Å². The van der Waals surface area contributed by atoms with E-state index in [2.05, 4.69) is 5.48 Å². The minimum atomic E-state index is -0.710. The fourth-order valence-electron chi connectivity index (χ4n) is 1.85. The van der Waals surface area contributed by atoms with Crippen LogP contribution in [0.2, 0.25) is 0 Å². The van der Waals surface area contributed by atoms with E-state index in [0.29, 0.717) is 19.5 Å². The van der Waals surface area contributed by atoms with Gasteiger partial charge in [0.2, 0.25) is 0 Å². The van der Waals surface area contributed by atoms with Crippen LogP contribution in [-0.4, -0.2) is 30.1 Å². The van der Waals surface area contributed by atoms with Gasteiger partial charge in [-0.15, -0.1) is 0 Å². The van der Waals surface area contributed by atoms with Crippen LogP contribution < -0.4 is 11.2 Å². The zero-order valence-corrected chi connectivity index (χ0v) is 15.9. The molecule has 0 aromatic rings. The Labute approximate surface area is 139 Å². The molecule has 0 fully saturated rings. The van der Waals surface area contributed by atoms with E-state index in [1.807, 2.05) is 0 Å². The molecular formula is C14H28N2O4Zn. The van der Waals surface area contributed by atoms with Gasteiger partial charge in [0, 0.05) is 45.4 Å². The molecule has 120 valence electrons. The van der Waals surface area contributed by atoms with E-state index in [1.54, 1.807) is 0 Å². The molecule has 0 amide bonds. The smallest absolute Gasteiger partial charge is 0.324 e. The van der Waals surface area contributed by atoms with Crippen LogP contribution in [0.15, 0.2) is 0 Å². The number of nitrogens with one attached hydrogen (secondary N) is 1. The molecule has 0 aliphatic rings.